The number of ether oxygens (including phenoxy) is 1. The van der Waals surface area contributed by atoms with Gasteiger partial charge in [-0.1, -0.05) is 72.8 Å². The number of hydrogen-bond acceptors (Lipinski definition) is 5. The number of likely N-dealkylation sites (tertiary alicyclic amines) is 1. The van der Waals surface area contributed by atoms with E-state index in [1.54, 1.807) is 72.8 Å². The summed E-state index contributed by atoms with van der Waals surface area (Å²) >= 11 is 0. The monoisotopic (exact) mass is 431 g/mol. The van der Waals surface area contributed by atoms with E-state index in [0.717, 1.165) is 0 Å². The lowest BCUT2D eigenvalue weighted by molar-refractivity contribution is -0.197. The van der Waals surface area contributed by atoms with Crippen LogP contribution in [0.1, 0.15) is 28.4 Å². The first-order valence-electron chi connectivity index (χ1n) is 10.4. The number of nitrogens with zero attached hydrogens (tertiary/aromatic N) is 1. The maximum absolute atomic E-state index is 13.7. The fourth-order valence-electron chi connectivity index (χ4n) is 4.42. The molecule has 164 valence electrons. The quantitative estimate of drug-likeness (QED) is 0.444. The van der Waals surface area contributed by atoms with E-state index in [4.69, 9.17) is 4.74 Å². The van der Waals surface area contributed by atoms with E-state index in [1.807, 2.05) is 12.1 Å². The molecular weight excluding hydrogens is 406 g/mol. The third kappa shape index (κ3) is 3.38. The Morgan fingerprint density at radius 2 is 1.44 bits per heavy atom. The van der Waals surface area contributed by atoms with Crippen LogP contribution in [0.5, 0.6) is 5.75 Å². The molecular formula is C26H25NO5. The average Bonchev–Trinajstić information content (AvgIpc) is 2.82. The van der Waals surface area contributed by atoms with Crippen molar-refractivity contribution in [2.75, 3.05) is 7.11 Å². The Morgan fingerprint density at radius 3 is 1.94 bits per heavy atom. The van der Waals surface area contributed by atoms with Crippen molar-refractivity contribution in [2.24, 2.45) is 5.92 Å². The van der Waals surface area contributed by atoms with E-state index in [0.29, 0.717) is 16.9 Å². The van der Waals surface area contributed by atoms with Crippen LogP contribution < -0.4 is 4.74 Å². The standard InChI is InChI=1S/C26H25NO5/c1-17(28)22-23(24(29)20-15-9-10-16-21(20)32-2)27(25(22)30)26(31,18-11-5-3-6-12-18)19-13-7-4-8-14-19/h3-17,22-23,28,31H,1-2H3/t17-,22-,23+/m1/s1. The van der Waals surface area contributed by atoms with Crippen molar-refractivity contribution < 1.29 is 24.5 Å². The van der Waals surface area contributed by atoms with Crippen LogP contribution in [0.4, 0.5) is 0 Å². The van der Waals surface area contributed by atoms with Crippen molar-refractivity contribution in [3.05, 3.63) is 102 Å². The molecule has 3 atom stereocenters. The predicted molar refractivity (Wildman–Crippen MR) is 119 cm³/mol. The van der Waals surface area contributed by atoms with E-state index >= 15 is 0 Å². The van der Waals surface area contributed by atoms with Gasteiger partial charge in [0.05, 0.1) is 24.7 Å². The summed E-state index contributed by atoms with van der Waals surface area (Å²) in [6, 6.07) is 23.1. The molecule has 0 radical (unpaired) electrons. The minimum atomic E-state index is -1.90. The molecule has 0 unspecified atom stereocenters. The van der Waals surface area contributed by atoms with Gasteiger partial charge in [0.15, 0.2) is 11.5 Å². The molecule has 0 spiro atoms. The summed E-state index contributed by atoms with van der Waals surface area (Å²) in [5.41, 5.74) is -0.720. The number of rotatable bonds is 7. The van der Waals surface area contributed by atoms with Gasteiger partial charge in [0.1, 0.15) is 11.8 Å². The molecule has 2 N–H and O–H groups in total. The van der Waals surface area contributed by atoms with E-state index < -0.39 is 35.5 Å². The molecule has 1 aliphatic heterocycles. The molecule has 6 heteroatoms. The second kappa shape index (κ2) is 8.57. The first-order valence-corrected chi connectivity index (χ1v) is 10.4. The Hall–Kier alpha value is -3.48. The third-order valence-corrected chi connectivity index (χ3v) is 6.00. The summed E-state index contributed by atoms with van der Waals surface area (Å²) in [4.78, 5) is 28.2. The lowest BCUT2D eigenvalue weighted by Crippen LogP contribution is -2.73. The largest absolute Gasteiger partial charge is 0.496 e. The number of methoxy groups -OCH3 is 1. The van der Waals surface area contributed by atoms with Gasteiger partial charge in [-0.25, -0.2) is 0 Å². The molecule has 0 aromatic heterocycles. The van der Waals surface area contributed by atoms with Crippen LogP contribution in [-0.2, 0) is 10.5 Å². The molecule has 1 fully saturated rings. The van der Waals surface area contributed by atoms with E-state index in [9.17, 15) is 19.8 Å². The Morgan fingerprint density at radius 1 is 0.938 bits per heavy atom. The first-order chi connectivity index (χ1) is 15.4. The van der Waals surface area contributed by atoms with Gasteiger partial charge in [-0.3, -0.25) is 14.5 Å². The molecule has 1 amide bonds. The highest BCUT2D eigenvalue weighted by Gasteiger charge is 2.61. The summed E-state index contributed by atoms with van der Waals surface area (Å²) in [6.07, 6.45) is -1.07. The van der Waals surface area contributed by atoms with Gasteiger partial charge in [0.25, 0.3) is 0 Å². The minimum Gasteiger partial charge on any atom is -0.496 e. The second-order valence-corrected chi connectivity index (χ2v) is 7.89. The minimum absolute atomic E-state index is 0.284. The predicted octanol–water partition coefficient (Wildman–Crippen LogP) is 2.98. The number of benzene rings is 3. The number of para-hydroxylation sites is 1. The number of aliphatic hydroxyl groups is 2. The molecule has 0 saturated carbocycles. The highest BCUT2D eigenvalue weighted by molar-refractivity contribution is 6.10. The van der Waals surface area contributed by atoms with Crippen molar-refractivity contribution in [3.8, 4) is 5.75 Å². The summed E-state index contributed by atoms with van der Waals surface area (Å²) in [5, 5.41) is 22.4. The number of amides is 1. The Bertz CT molecular complexity index is 1070. The third-order valence-electron chi connectivity index (χ3n) is 6.00. The summed E-state index contributed by atoms with van der Waals surface area (Å²) in [6.45, 7) is 1.48. The number of carbonyl (C=O) groups is 2. The fraction of sp³-hybridized carbons (Fsp3) is 0.231. The van der Waals surface area contributed by atoms with Crippen LogP contribution in [0.3, 0.4) is 0 Å². The first kappa shape index (κ1) is 21.7. The summed E-state index contributed by atoms with van der Waals surface area (Å²) in [5.74, 6) is -1.52. The van der Waals surface area contributed by atoms with Gasteiger partial charge in [-0.15, -0.1) is 0 Å². The number of Topliss-reactive ketones (excluding diaryl/α,β-unsaturated/α-hetero) is 1. The summed E-state index contributed by atoms with van der Waals surface area (Å²) < 4.78 is 5.35. The Kier molecular flexibility index (Phi) is 5.82. The molecule has 4 rings (SSSR count). The molecule has 1 aliphatic rings. The van der Waals surface area contributed by atoms with Crippen molar-refractivity contribution in [1.29, 1.82) is 0 Å². The van der Waals surface area contributed by atoms with Gasteiger partial charge >= 0.3 is 0 Å². The van der Waals surface area contributed by atoms with Crippen LogP contribution in [0.2, 0.25) is 0 Å². The smallest absolute Gasteiger partial charge is 0.234 e. The van der Waals surface area contributed by atoms with Gasteiger partial charge in [-0.05, 0) is 19.1 Å². The van der Waals surface area contributed by atoms with Crippen LogP contribution in [0.25, 0.3) is 0 Å². The number of carbonyl (C=O) groups excluding carboxylic acids is 2. The van der Waals surface area contributed by atoms with Gasteiger partial charge in [0, 0.05) is 11.1 Å². The zero-order valence-corrected chi connectivity index (χ0v) is 17.9. The highest BCUT2D eigenvalue weighted by atomic mass is 16.5. The van der Waals surface area contributed by atoms with Crippen molar-refractivity contribution >= 4 is 11.7 Å². The molecule has 1 heterocycles. The van der Waals surface area contributed by atoms with Gasteiger partial charge in [-0.2, -0.15) is 0 Å². The molecule has 3 aromatic carbocycles. The number of aliphatic hydroxyl groups excluding tert-OH is 1. The maximum Gasteiger partial charge on any atom is 0.234 e. The fourth-order valence-corrected chi connectivity index (χ4v) is 4.42. The van der Waals surface area contributed by atoms with Crippen molar-refractivity contribution in [3.63, 3.8) is 0 Å². The van der Waals surface area contributed by atoms with Crippen molar-refractivity contribution in [1.82, 2.24) is 4.90 Å². The maximum atomic E-state index is 13.7. The van der Waals surface area contributed by atoms with E-state index in [1.165, 1.54) is 18.9 Å². The SMILES string of the molecule is COc1ccccc1C(=O)[C@@H]1[C@@H]([C@@H](C)O)C(=O)N1C(O)(c1ccccc1)c1ccccc1. The molecule has 0 bridgehead atoms. The lowest BCUT2D eigenvalue weighted by Gasteiger charge is -2.55. The lowest BCUT2D eigenvalue weighted by atomic mass is 9.75. The summed E-state index contributed by atoms with van der Waals surface area (Å²) in [7, 11) is 1.46. The Labute approximate surface area is 186 Å². The van der Waals surface area contributed by atoms with Crippen LogP contribution >= 0.6 is 0 Å². The van der Waals surface area contributed by atoms with Gasteiger partial charge in [0.2, 0.25) is 5.91 Å². The molecule has 6 nitrogen and oxygen atoms in total. The molecule has 1 saturated heterocycles. The second-order valence-electron chi connectivity index (χ2n) is 7.89. The zero-order valence-electron chi connectivity index (χ0n) is 17.9. The normalized spacial score (nSPS) is 19.2. The van der Waals surface area contributed by atoms with Crippen LogP contribution in [0.15, 0.2) is 84.9 Å². The molecule has 3 aromatic rings. The Balaban J connectivity index is 1.88. The topological polar surface area (TPSA) is 87.1 Å². The van der Waals surface area contributed by atoms with E-state index in [-0.39, 0.29) is 5.56 Å². The highest BCUT2D eigenvalue weighted by Crippen LogP contribution is 2.45. The van der Waals surface area contributed by atoms with Crippen LogP contribution in [0, 0.1) is 5.92 Å². The van der Waals surface area contributed by atoms with Crippen molar-refractivity contribution in [2.45, 2.75) is 24.8 Å². The zero-order chi connectivity index (χ0) is 22.9. The molecule has 32 heavy (non-hydrogen) atoms. The van der Waals surface area contributed by atoms with Crippen LogP contribution in [-0.4, -0.2) is 46.1 Å². The molecule has 0 aliphatic carbocycles. The van der Waals surface area contributed by atoms with E-state index in [2.05, 4.69) is 0 Å². The average molecular weight is 431 g/mol. The number of hydrogen-bond donors (Lipinski definition) is 2. The number of β-lactam (4-membered cyclic amide) rings is 1. The number of ketones is 1. The van der Waals surface area contributed by atoms with Gasteiger partial charge < -0.3 is 14.9 Å².